The van der Waals surface area contributed by atoms with Gasteiger partial charge < -0.3 is 14.6 Å². The summed E-state index contributed by atoms with van der Waals surface area (Å²) in [5.41, 5.74) is 0.913. The average Bonchev–Trinajstić information content (AvgIpc) is 2.66. The number of rotatable bonds is 15. The number of unbranched alkanes of at least 4 members (excludes halogenated alkanes) is 9. The largest absolute Gasteiger partial charge is 0.504 e. The van der Waals surface area contributed by atoms with Gasteiger partial charge in [0.2, 0.25) is 0 Å². The van der Waals surface area contributed by atoms with Gasteiger partial charge in [0.05, 0.1) is 14.2 Å². The predicted molar refractivity (Wildman–Crippen MR) is 111 cm³/mol. The van der Waals surface area contributed by atoms with Crippen LogP contribution in [-0.4, -0.2) is 19.3 Å². The molecule has 1 aromatic carbocycles. The Bertz CT molecular complexity index is 508. The van der Waals surface area contributed by atoms with Crippen LogP contribution < -0.4 is 9.47 Å². The fourth-order valence-corrected chi connectivity index (χ4v) is 3.12. The minimum absolute atomic E-state index is 0.250. The molecule has 0 aliphatic carbocycles. The van der Waals surface area contributed by atoms with Crippen molar-refractivity contribution >= 4 is 0 Å². The van der Waals surface area contributed by atoms with Crippen molar-refractivity contribution in [3.05, 3.63) is 29.8 Å². The number of benzene rings is 1. The molecule has 148 valence electrons. The van der Waals surface area contributed by atoms with Crippen LogP contribution in [0, 0.1) is 0 Å². The highest BCUT2D eigenvalue weighted by Gasteiger charge is 2.10. The van der Waals surface area contributed by atoms with Crippen molar-refractivity contribution in [2.45, 2.75) is 84.0 Å². The highest BCUT2D eigenvalue weighted by atomic mass is 16.5. The predicted octanol–water partition coefficient (Wildman–Crippen LogP) is 6.82. The molecule has 1 N–H and O–H groups in total. The second-order valence-electron chi connectivity index (χ2n) is 6.96. The summed E-state index contributed by atoms with van der Waals surface area (Å²) in [5, 5.41) is 10.2. The fraction of sp³-hybridized carbons (Fsp3) is 0.652. The summed E-state index contributed by atoms with van der Waals surface area (Å²) in [5.74, 6) is 1.47. The smallest absolute Gasteiger partial charge is 0.164 e. The van der Waals surface area contributed by atoms with Crippen LogP contribution in [0.3, 0.4) is 0 Å². The minimum Gasteiger partial charge on any atom is -0.504 e. The van der Waals surface area contributed by atoms with Crippen molar-refractivity contribution in [3.8, 4) is 17.2 Å². The lowest BCUT2D eigenvalue weighted by molar-refractivity contribution is 0.360. The maximum atomic E-state index is 10.2. The molecule has 0 aliphatic rings. The molecule has 3 nitrogen and oxygen atoms in total. The zero-order valence-electron chi connectivity index (χ0n) is 17.1. The number of hydrogen-bond acceptors (Lipinski definition) is 3. The minimum atomic E-state index is 0.250. The highest BCUT2D eigenvalue weighted by Crippen LogP contribution is 2.35. The van der Waals surface area contributed by atoms with Crippen LogP contribution in [0.15, 0.2) is 24.3 Å². The molecular formula is C23H38O3. The standard InChI is InChI=1S/C23H38O3/c1-4-5-6-7-8-9-10-11-12-13-14-15-16-17-20-18-21(25-2)19-22(26-3)23(20)24/h7-8,18-19,24H,4-6,9-17H2,1-3H3/b8-7-. The summed E-state index contributed by atoms with van der Waals surface area (Å²) < 4.78 is 10.5. The first-order valence-electron chi connectivity index (χ1n) is 10.3. The number of phenols is 1. The molecule has 3 heteroatoms. The van der Waals surface area contributed by atoms with Gasteiger partial charge in [0.15, 0.2) is 11.5 Å². The normalized spacial score (nSPS) is 11.2. The lowest BCUT2D eigenvalue weighted by atomic mass is 10.0. The van der Waals surface area contributed by atoms with E-state index in [4.69, 9.17) is 9.47 Å². The van der Waals surface area contributed by atoms with Crippen molar-refractivity contribution < 1.29 is 14.6 Å². The van der Waals surface area contributed by atoms with Crippen molar-refractivity contribution in [2.24, 2.45) is 0 Å². The molecule has 0 radical (unpaired) electrons. The Kier molecular flexibility index (Phi) is 12.5. The topological polar surface area (TPSA) is 38.7 Å². The van der Waals surface area contributed by atoms with Crippen LogP contribution in [0.25, 0.3) is 0 Å². The van der Waals surface area contributed by atoms with Gasteiger partial charge in [-0.15, -0.1) is 0 Å². The Hall–Kier alpha value is -1.64. The van der Waals surface area contributed by atoms with Crippen LogP contribution in [0.1, 0.15) is 83.1 Å². The summed E-state index contributed by atoms with van der Waals surface area (Å²) in [7, 11) is 3.20. The Morgan fingerprint density at radius 3 is 2.04 bits per heavy atom. The van der Waals surface area contributed by atoms with Gasteiger partial charge in [-0.05, 0) is 38.2 Å². The van der Waals surface area contributed by atoms with E-state index >= 15 is 0 Å². The molecule has 0 fully saturated rings. The lowest BCUT2D eigenvalue weighted by Crippen LogP contribution is -1.94. The zero-order chi connectivity index (χ0) is 19.0. The molecule has 0 heterocycles. The number of allylic oxidation sites excluding steroid dienone is 2. The van der Waals surface area contributed by atoms with E-state index in [0.717, 1.165) is 24.2 Å². The number of aryl methyl sites for hydroxylation is 1. The second-order valence-corrected chi connectivity index (χ2v) is 6.96. The molecule has 0 spiro atoms. The molecule has 0 aliphatic heterocycles. The zero-order valence-corrected chi connectivity index (χ0v) is 17.1. The molecule has 1 rings (SSSR count). The molecule has 1 aromatic rings. The number of phenolic OH excluding ortho intramolecular Hbond substituents is 1. The Morgan fingerprint density at radius 1 is 0.808 bits per heavy atom. The quantitative estimate of drug-likeness (QED) is 0.275. The third-order valence-corrected chi connectivity index (χ3v) is 4.79. The van der Waals surface area contributed by atoms with Gasteiger partial charge in [0, 0.05) is 11.6 Å². The molecule has 0 saturated heterocycles. The van der Waals surface area contributed by atoms with Gasteiger partial charge in [-0.1, -0.05) is 64.0 Å². The summed E-state index contributed by atoms with van der Waals surface area (Å²) >= 11 is 0. The van der Waals surface area contributed by atoms with E-state index in [0.29, 0.717) is 5.75 Å². The summed E-state index contributed by atoms with van der Waals surface area (Å²) in [6, 6.07) is 3.63. The van der Waals surface area contributed by atoms with Crippen LogP contribution in [0.2, 0.25) is 0 Å². The molecular weight excluding hydrogens is 324 g/mol. The molecule has 0 unspecified atom stereocenters. The first-order valence-corrected chi connectivity index (χ1v) is 10.3. The van der Waals surface area contributed by atoms with Gasteiger partial charge in [-0.3, -0.25) is 0 Å². The summed E-state index contributed by atoms with van der Waals surface area (Å²) in [4.78, 5) is 0. The van der Waals surface area contributed by atoms with Crippen LogP contribution in [-0.2, 0) is 6.42 Å². The number of hydrogen-bond donors (Lipinski definition) is 1. The van der Waals surface area contributed by atoms with E-state index in [-0.39, 0.29) is 5.75 Å². The lowest BCUT2D eigenvalue weighted by Gasteiger charge is -2.11. The maximum absolute atomic E-state index is 10.2. The highest BCUT2D eigenvalue weighted by molar-refractivity contribution is 5.50. The number of methoxy groups -OCH3 is 2. The summed E-state index contributed by atoms with van der Waals surface area (Å²) in [6.07, 6.45) is 19.5. The van der Waals surface area contributed by atoms with Crippen molar-refractivity contribution in [1.82, 2.24) is 0 Å². The van der Waals surface area contributed by atoms with E-state index in [1.54, 1.807) is 20.3 Å². The van der Waals surface area contributed by atoms with Gasteiger partial charge in [0.25, 0.3) is 0 Å². The Morgan fingerprint density at radius 2 is 1.42 bits per heavy atom. The van der Waals surface area contributed by atoms with E-state index in [2.05, 4.69) is 19.1 Å². The molecule has 0 amide bonds. The van der Waals surface area contributed by atoms with Gasteiger partial charge in [-0.25, -0.2) is 0 Å². The molecule has 0 saturated carbocycles. The van der Waals surface area contributed by atoms with E-state index in [1.807, 2.05) is 6.07 Å². The second kappa shape index (κ2) is 14.5. The van der Waals surface area contributed by atoms with Crippen LogP contribution >= 0.6 is 0 Å². The molecule has 26 heavy (non-hydrogen) atoms. The van der Waals surface area contributed by atoms with Gasteiger partial charge >= 0.3 is 0 Å². The Labute approximate surface area is 160 Å². The van der Waals surface area contributed by atoms with Gasteiger partial charge in [0.1, 0.15) is 5.75 Å². The third-order valence-electron chi connectivity index (χ3n) is 4.79. The average molecular weight is 363 g/mol. The van der Waals surface area contributed by atoms with Gasteiger partial charge in [-0.2, -0.15) is 0 Å². The first-order chi connectivity index (χ1) is 12.7. The number of aromatic hydroxyl groups is 1. The van der Waals surface area contributed by atoms with Crippen LogP contribution in [0.5, 0.6) is 17.2 Å². The van der Waals surface area contributed by atoms with Crippen molar-refractivity contribution in [2.75, 3.05) is 14.2 Å². The van der Waals surface area contributed by atoms with E-state index in [1.165, 1.54) is 64.2 Å². The SMILES string of the molecule is CCCC/C=C\CCCCCCCCCc1cc(OC)cc(OC)c1O. The molecule has 0 bridgehead atoms. The van der Waals surface area contributed by atoms with E-state index < -0.39 is 0 Å². The van der Waals surface area contributed by atoms with Crippen molar-refractivity contribution in [3.63, 3.8) is 0 Å². The molecule has 0 aromatic heterocycles. The molecule has 0 atom stereocenters. The Balaban J connectivity index is 2.10. The monoisotopic (exact) mass is 362 g/mol. The summed E-state index contributed by atoms with van der Waals surface area (Å²) in [6.45, 7) is 2.24. The van der Waals surface area contributed by atoms with E-state index in [9.17, 15) is 5.11 Å². The van der Waals surface area contributed by atoms with Crippen LogP contribution in [0.4, 0.5) is 0 Å². The fourth-order valence-electron chi connectivity index (χ4n) is 3.12. The van der Waals surface area contributed by atoms with Crippen molar-refractivity contribution in [1.29, 1.82) is 0 Å². The number of ether oxygens (including phenoxy) is 2. The third kappa shape index (κ3) is 9.17. The first kappa shape index (κ1) is 22.4. The maximum Gasteiger partial charge on any atom is 0.164 e.